The Labute approximate surface area is 105 Å². The molecule has 1 aromatic heterocycles. The fourth-order valence-electron chi connectivity index (χ4n) is 0.940. The molecule has 4 nitrogen and oxygen atoms in total. The molecule has 0 radical (unpaired) electrons. The van der Waals surface area contributed by atoms with E-state index in [1.165, 1.54) is 0 Å². The van der Waals surface area contributed by atoms with Crippen molar-refractivity contribution in [3.05, 3.63) is 5.01 Å². The highest BCUT2D eigenvalue weighted by Gasteiger charge is 2.37. The van der Waals surface area contributed by atoms with Gasteiger partial charge < -0.3 is 0 Å². The fourth-order valence-corrected chi connectivity index (χ4v) is 3.75. The van der Waals surface area contributed by atoms with Gasteiger partial charge in [-0.1, -0.05) is 18.3 Å². The molecule has 0 amide bonds. The number of alkyl halides is 4. The largest absolute Gasteiger partial charge is 0.445 e. The number of sulfone groups is 1. The smallest absolute Gasteiger partial charge is 0.221 e. The standard InChI is InChI=1S/C7H8ClF3N2O2S2/c1-4(2-8)3-17(14,15)6-13-12-5(16-6)7(9,10)11/h4H,2-3H2,1H3. The van der Waals surface area contributed by atoms with Crippen LogP contribution in [0.5, 0.6) is 0 Å². The highest BCUT2D eigenvalue weighted by Crippen LogP contribution is 2.33. The van der Waals surface area contributed by atoms with Crippen molar-refractivity contribution in [2.45, 2.75) is 17.4 Å². The summed E-state index contributed by atoms with van der Waals surface area (Å²) >= 11 is 5.47. The van der Waals surface area contributed by atoms with E-state index in [-0.39, 0.29) is 28.9 Å². The highest BCUT2D eigenvalue weighted by atomic mass is 35.5. The molecule has 0 aliphatic carbocycles. The monoisotopic (exact) mass is 308 g/mol. The molecule has 10 heteroatoms. The molecule has 17 heavy (non-hydrogen) atoms. The Morgan fingerprint density at radius 3 is 2.41 bits per heavy atom. The van der Waals surface area contributed by atoms with Crippen molar-refractivity contribution < 1.29 is 21.6 Å². The second-order valence-corrected chi connectivity index (χ2v) is 6.91. The number of halogens is 4. The Morgan fingerprint density at radius 1 is 1.41 bits per heavy atom. The van der Waals surface area contributed by atoms with Gasteiger partial charge in [0.15, 0.2) is 0 Å². The Hall–Kier alpha value is -0.410. The lowest BCUT2D eigenvalue weighted by atomic mass is 10.3. The van der Waals surface area contributed by atoms with Crippen molar-refractivity contribution >= 4 is 32.8 Å². The molecule has 0 saturated carbocycles. The zero-order valence-electron chi connectivity index (χ0n) is 8.53. The quantitative estimate of drug-likeness (QED) is 0.800. The van der Waals surface area contributed by atoms with E-state index in [1.54, 1.807) is 6.92 Å². The first kappa shape index (κ1) is 14.7. The van der Waals surface area contributed by atoms with Crippen LogP contribution in [-0.4, -0.2) is 30.2 Å². The number of hydrogen-bond donors (Lipinski definition) is 0. The lowest BCUT2D eigenvalue weighted by molar-refractivity contribution is -0.138. The number of aromatic nitrogens is 2. The van der Waals surface area contributed by atoms with E-state index < -0.39 is 25.4 Å². The van der Waals surface area contributed by atoms with E-state index in [1.807, 2.05) is 0 Å². The molecular weight excluding hydrogens is 301 g/mol. The Kier molecular flexibility index (Phi) is 4.37. The molecular formula is C7H8ClF3N2O2S2. The first-order chi connectivity index (χ1) is 7.66. The number of rotatable bonds is 4. The van der Waals surface area contributed by atoms with Gasteiger partial charge in [0.1, 0.15) is 0 Å². The van der Waals surface area contributed by atoms with Crippen LogP contribution >= 0.6 is 22.9 Å². The summed E-state index contributed by atoms with van der Waals surface area (Å²) in [7, 11) is -3.85. The van der Waals surface area contributed by atoms with Gasteiger partial charge in [0.05, 0.1) is 5.75 Å². The Morgan fingerprint density at radius 2 is 2.00 bits per heavy atom. The minimum Gasteiger partial charge on any atom is -0.221 e. The molecule has 0 aliphatic heterocycles. The van der Waals surface area contributed by atoms with Gasteiger partial charge in [0, 0.05) is 5.88 Å². The second-order valence-electron chi connectivity index (χ2n) is 3.41. The molecule has 98 valence electrons. The molecule has 0 aliphatic rings. The van der Waals surface area contributed by atoms with Crippen LogP contribution in [-0.2, 0) is 16.0 Å². The van der Waals surface area contributed by atoms with E-state index in [0.717, 1.165) is 0 Å². The normalized spacial score (nSPS) is 14.9. The van der Waals surface area contributed by atoms with Gasteiger partial charge in [0.25, 0.3) is 0 Å². The van der Waals surface area contributed by atoms with Crippen LogP contribution in [0.4, 0.5) is 13.2 Å². The molecule has 0 saturated heterocycles. The van der Waals surface area contributed by atoms with Gasteiger partial charge in [-0.15, -0.1) is 21.8 Å². The third-order valence-electron chi connectivity index (χ3n) is 1.68. The van der Waals surface area contributed by atoms with E-state index in [0.29, 0.717) is 0 Å². The fraction of sp³-hybridized carbons (Fsp3) is 0.714. The van der Waals surface area contributed by atoms with Crippen molar-refractivity contribution in [2.24, 2.45) is 5.92 Å². The first-order valence-corrected chi connectivity index (χ1v) is 7.36. The van der Waals surface area contributed by atoms with Crippen LogP contribution in [0.15, 0.2) is 4.34 Å². The Balaban J connectivity index is 2.97. The van der Waals surface area contributed by atoms with Gasteiger partial charge in [-0.2, -0.15) is 13.2 Å². The summed E-state index contributed by atoms with van der Waals surface area (Å²) < 4.78 is 59.3. The van der Waals surface area contributed by atoms with Crippen LogP contribution in [0.25, 0.3) is 0 Å². The zero-order valence-corrected chi connectivity index (χ0v) is 10.9. The van der Waals surface area contributed by atoms with E-state index in [4.69, 9.17) is 11.6 Å². The van der Waals surface area contributed by atoms with Crippen molar-refractivity contribution in [3.8, 4) is 0 Å². The summed E-state index contributed by atoms with van der Waals surface area (Å²) in [5, 5.41) is 4.61. The third kappa shape index (κ3) is 3.78. The number of nitrogens with zero attached hydrogens (tertiary/aromatic N) is 2. The van der Waals surface area contributed by atoms with Crippen LogP contribution < -0.4 is 0 Å². The second kappa shape index (κ2) is 5.07. The van der Waals surface area contributed by atoms with Crippen molar-refractivity contribution in [1.29, 1.82) is 0 Å². The molecule has 1 heterocycles. The molecule has 0 spiro atoms. The molecule has 0 bridgehead atoms. The molecule has 1 atom stereocenters. The summed E-state index contributed by atoms with van der Waals surface area (Å²) in [6.07, 6.45) is -4.68. The van der Waals surface area contributed by atoms with Gasteiger partial charge in [-0.3, -0.25) is 0 Å². The van der Waals surface area contributed by atoms with Crippen LogP contribution in [0.1, 0.15) is 11.9 Å². The summed E-state index contributed by atoms with van der Waals surface area (Å²) in [5.41, 5.74) is 0. The van der Waals surface area contributed by atoms with E-state index in [9.17, 15) is 21.6 Å². The van der Waals surface area contributed by atoms with Gasteiger partial charge in [0.2, 0.25) is 19.2 Å². The average Bonchev–Trinajstić information content (AvgIpc) is 2.65. The SMILES string of the molecule is CC(CCl)CS(=O)(=O)c1nnc(C(F)(F)F)s1. The van der Waals surface area contributed by atoms with Gasteiger partial charge >= 0.3 is 6.18 Å². The van der Waals surface area contributed by atoms with Gasteiger partial charge in [-0.25, -0.2) is 8.42 Å². The van der Waals surface area contributed by atoms with Gasteiger partial charge in [-0.05, 0) is 5.92 Å². The first-order valence-electron chi connectivity index (χ1n) is 4.36. The summed E-state index contributed by atoms with van der Waals surface area (Å²) in [4.78, 5) is 0. The van der Waals surface area contributed by atoms with Crippen molar-refractivity contribution in [1.82, 2.24) is 10.2 Å². The molecule has 1 rings (SSSR count). The maximum atomic E-state index is 12.2. The molecule has 0 fully saturated rings. The van der Waals surface area contributed by atoms with Crippen LogP contribution in [0, 0.1) is 5.92 Å². The van der Waals surface area contributed by atoms with Crippen molar-refractivity contribution in [3.63, 3.8) is 0 Å². The van der Waals surface area contributed by atoms with Crippen molar-refractivity contribution in [2.75, 3.05) is 11.6 Å². The molecule has 1 aromatic rings. The average molecular weight is 309 g/mol. The maximum absolute atomic E-state index is 12.2. The number of hydrogen-bond acceptors (Lipinski definition) is 5. The summed E-state index contributed by atoms with van der Waals surface area (Å²) in [6.45, 7) is 1.58. The molecule has 0 aromatic carbocycles. The lowest BCUT2D eigenvalue weighted by Crippen LogP contribution is -2.15. The predicted octanol–water partition coefficient (Wildman–Crippen LogP) is 2.21. The maximum Gasteiger partial charge on any atom is 0.445 e. The minimum atomic E-state index is -4.68. The minimum absolute atomic E-state index is 0.0210. The zero-order chi connectivity index (χ0) is 13.3. The topological polar surface area (TPSA) is 59.9 Å². The Bertz CT molecular complexity index is 486. The van der Waals surface area contributed by atoms with E-state index in [2.05, 4.69) is 10.2 Å². The molecule has 0 N–H and O–H groups in total. The third-order valence-corrected chi connectivity index (χ3v) is 5.61. The summed E-state index contributed by atoms with van der Waals surface area (Å²) in [6, 6.07) is 0. The van der Waals surface area contributed by atoms with Crippen LogP contribution in [0.2, 0.25) is 0 Å². The highest BCUT2D eigenvalue weighted by molar-refractivity contribution is 7.93. The summed E-state index contributed by atoms with van der Waals surface area (Å²) in [5.74, 6) is -0.604. The van der Waals surface area contributed by atoms with E-state index >= 15 is 0 Å². The lowest BCUT2D eigenvalue weighted by Gasteiger charge is -2.05. The predicted molar refractivity (Wildman–Crippen MR) is 56.8 cm³/mol. The van der Waals surface area contributed by atoms with Crippen LogP contribution in [0.3, 0.4) is 0 Å². The molecule has 1 unspecified atom stereocenters.